The summed E-state index contributed by atoms with van der Waals surface area (Å²) in [5, 5.41) is 12.5. The lowest BCUT2D eigenvalue weighted by Crippen LogP contribution is -2.46. The molecule has 0 saturated heterocycles. The van der Waals surface area contributed by atoms with Gasteiger partial charge in [0.2, 0.25) is 29.5 Å². The SMILES string of the molecule is CCCCCCCCCCCCNC(=O)CN(CCN(C)CCC(=O)NCCN(C)C(=O)CCN(C)CCN(CC(=O)NCCCCCCCCCCCC)CC(=O)N(F)CCCCCCCCCCCC)CC(=O)NCCCCCCCCCCCC. The highest BCUT2D eigenvalue weighted by atomic mass is 19.2. The van der Waals surface area contributed by atoms with Crippen LogP contribution in [0.15, 0.2) is 0 Å². The standard InChI is InChI=1S/C71H141FN10O6/c1-8-12-16-20-24-28-32-36-40-44-50-73-67(84)62-80(63-68(85)74-51-45-41-37-33-29-25-21-17-13-9-2)60-58-77(5)55-48-66(83)76-53-57-79(7)70(87)49-56-78(6)59-61-81(64-69(86)75-52-46-42-38-34-30-26-22-18-14-10-3)65-71(88)82(72)54-47-43-39-35-31-27-23-19-15-11-4/h8-65H2,1-7H3,(H,73,84)(H,74,85)(H,75,86)(H,76,83). The van der Waals surface area contributed by atoms with Gasteiger partial charge in [0.25, 0.3) is 5.91 Å². The van der Waals surface area contributed by atoms with Crippen molar-refractivity contribution in [2.75, 3.05) is 126 Å². The van der Waals surface area contributed by atoms with E-state index < -0.39 is 5.91 Å². The van der Waals surface area contributed by atoms with Gasteiger partial charge in [-0.1, -0.05) is 263 Å². The number of amides is 6. The maximum absolute atomic E-state index is 15.1. The van der Waals surface area contributed by atoms with Gasteiger partial charge in [0, 0.05) is 91.9 Å². The smallest absolute Gasteiger partial charge is 0.264 e. The Bertz CT molecular complexity index is 1610. The average Bonchev–Trinajstić information content (AvgIpc) is 3.62. The zero-order valence-corrected chi connectivity index (χ0v) is 58.5. The van der Waals surface area contributed by atoms with Gasteiger partial charge < -0.3 is 36.0 Å². The molecule has 0 radical (unpaired) electrons. The van der Waals surface area contributed by atoms with Crippen molar-refractivity contribution < 1.29 is 33.2 Å². The van der Waals surface area contributed by atoms with Gasteiger partial charge in [-0.15, -0.1) is 0 Å². The highest BCUT2D eigenvalue weighted by Crippen LogP contribution is 2.15. The average molecular weight is 1250 g/mol. The lowest BCUT2D eigenvalue weighted by Gasteiger charge is -2.26. The summed E-state index contributed by atoms with van der Waals surface area (Å²) in [5.41, 5.74) is 0. The molecule has 16 nitrogen and oxygen atoms in total. The minimum absolute atomic E-state index is 0.00892. The van der Waals surface area contributed by atoms with Crippen LogP contribution in [0.3, 0.4) is 0 Å². The van der Waals surface area contributed by atoms with Crippen molar-refractivity contribution in [1.29, 1.82) is 0 Å². The zero-order valence-electron chi connectivity index (χ0n) is 58.5. The van der Waals surface area contributed by atoms with Gasteiger partial charge in [0.05, 0.1) is 32.7 Å². The summed E-state index contributed by atoms with van der Waals surface area (Å²) in [6, 6.07) is 0. The van der Waals surface area contributed by atoms with Crippen molar-refractivity contribution >= 4 is 35.4 Å². The molecule has 0 aromatic carbocycles. The number of hydrogen-bond donors (Lipinski definition) is 4. The van der Waals surface area contributed by atoms with Crippen LogP contribution in [0, 0.1) is 0 Å². The van der Waals surface area contributed by atoms with Gasteiger partial charge in [0.15, 0.2) is 0 Å². The van der Waals surface area contributed by atoms with Crippen LogP contribution in [0.1, 0.15) is 297 Å². The molecule has 0 fully saturated rings. The summed E-state index contributed by atoms with van der Waals surface area (Å²) in [4.78, 5) is 88.0. The number of nitrogens with one attached hydrogen (secondary N) is 4. The Kier molecular flexibility index (Phi) is 61.3. The first-order valence-electron chi connectivity index (χ1n) is 36.8. The molecule has 0 atom stereocenters. The molecule has 0 heterocycles. The summed E-state index contributed by atoms with van der Waals surface area (Å²) >= 11 is 0. The van der Waals surface area contributed by atoms with Crippen molar-refractivity contribution in [1.82, 2.24) is 50.9 Å². The predicted octanol–water partition coefficient (Wildman–Crippen LogP) is 13.6. The van der Waals surface area contributed by atoms with E-state index in [-0.39, 0.29) is 75.1 Å². The Morgan fingerprint density at radius 1 is 0.273 bits per heavy atom. The summed E-state index contributed by atoms with van der Waals surface area (Å²) in [5.74, 6) is -1.15. The van der Waals surface area contributed by atoms with Crippen molar-refractivity contribution in [3.8, 4) is 0 Å². The summed E-state index contributed by atoms with van der Waals surface area (Å²) in [7, 11) is 5.57. The molecule has 0 aliphatic heterocycles. The summed E-state index contributed by atoms with van der Waals surface area (Å²) < 4.78 is 15.1. The first-order valence-corrected chi connectivity index (χ1v) is 36.8. The Balaban J connectivity index is 5.02. The molecular weight excluding hydrogens is 1110 g/mol. The Morgan fingerprint density at radius 2 is 0.557 bits per heavy atom. The first-order chi connectivity index (χ1) is 42.8. The minimum Gasteiger partial charge on any atom is -0.355 e. The molecule has 6 amide bonds. The molecule has 0 aromatic heterocycles. The zero-order chi connectivity index (χ0) is 64.8. The number of rotatable bonds is 67. The van der Waals surface area contributed by atoms with Gasteiger partial charge in [-0.2, -0.15) is 5.12 Å². The Labute approximate surface area is 540 Å². The van der Waals surface area contributed by atoms with E-state index in [4.69, 9.17) is 0 Å². The van der Waals surface area contributed by atoms with Crippen LogP contribution >= 0.6 is 0 Å². The van der Waals surface area contributed by atoms with Gasteiger partial charge in [-0.05, 0) is 39.8 Å². The normalized spacial score (nSPS) is 11.5. The third kappa shape index (κ3) is 57.7. The van der Waals surface area contributed by atoms with E-state index in [0.717, 1.165) is 64.2 Å². The highest BCUT2D eigenvalue weighted by Gasteiger charge is 2.21. The van der Waals surface area contributed by atoms with Crippen LogP contribution in [0.5, 0.6) is 0 Å². The lowest BCUT2D eigenvalue weighted by atomic mass is 10.1. The molecule has 88 heavy (non-hydrogen) atoms. The Morgan fingerprint density at radius 3 is 0.898 bits per heavy atom. The molecule has 0 aliphatic carbocycles. The minimum atomic E-state index is -0.641. The number of carbonyl (C=O) groups is 6. The number of halogens is 1. The van der Waals surface area contributed by atoms with E-state index in [9.17, 15) is 28.8 Å². The predicted molar refractivity (Wildman–Crippen MR) is 367 cm³/mol. The van der Waals surface area contributed by atoms with E-state index in [1.165, 1.54) is 186 Å². The maximum Gasteiger partial charge on any atom is 0.264 e. The van der Waals surface area contributed by atoms with Crippen LogP contribution in [-0.2, 0) is 28.8 Å². The van der Waals surface area contributed by atoms with Gasteiger partial charge >= 0.3 is 0 Å². The monoisotopic (exact) mass is 1250 g/mol. The van der Waals surface area contributed by atoms with E-state index in [1.807, 2.05) is 28.8 Å². The fraction of sp³-hybridized carbons (Fsp3) is 0.915. The largest absolute Gasteiger partial charge is 0.355 e. The fourth-order valence-corrected chi connectivity index (χ4v) is 11.1. The van der Waals surface area contributed by atoms with E-state index >= 15 is 4.48 Å². The van der Waals surface area contributed by atoms with Crippen molar-refractivity contribution in [3.05, 3.63) is 0 Å². The maximum atomic E-state index is 15.1. The second kappa shape index (κ2) is 63.7. The molecule has 0 spiro atoms. The van der Waals surface area contributed by atoms with Crippen molar-refractivity contribution in [3.63, 3.8) is 0 Å². The molecule has 0 bridgehead atoms. The molecule has 0 aliphatic rings. The number of likely N-dealkylation sites (N-methyl/N-ethyl adjacent to an activating group) is 3. The molecule has 17 heteroatoms. The number of nitrogens with zero attached hydrogens (tertiary/aromatic N) is 6. The molecule has 0 rings (SSSR count). The van der Waals surface area contributed by atoms with Crippen LogP contribution < -0.4 is 21.3 Å². The quantitative estimate of drug-likeness (QED) is 0.0340. The summed E-state index contributed by atoms with van der Waals surface area (Å²) in [6.45, 7) is 14.5. The fourth-order valence-electron chi connectivity index (χ4n) is 11.1. The molecule has 0 unspecified atom stereocenters. The topological polar surface area (TPSA) is 170 Å². The van der Waals surface area contributed by atoms with Crippen LogP contribution in [0.2, 0.25) is 0 Å². The molecule has 4 N–H and O–H groups in total. The number of unbranched alkanes of at least 4 members (excludes halogenated alkanes) is 36. The molecule has 0 saturated carbocycles. The van der Waals surface area contributed by atoms with E-state index in [2.05, 4.69) is 49.0 Å². The molecule has 0 aromatic rings. The third-order valence-corrected chi connectivity index (χ3v) is 17.2. The van der Waals surface area contributed by atoms with Crippen LogP contribution in [0.4, 0.5) is 4.48 Å². The molecule has 518 valence electrons. The van der Waals surface area contributed by atoms with E-state index in [1.54, 1.807) is 16.8 Å². The van der Waals surface area contributed by atoms with Crippen molar-refractivity contribution in [2.45, 2.75) is 297 Å². The van der Waals surface area contributed by atoms with Crippen molar-refractivity contribution in [2.24, 2.45) is 0 Å². The first kappa shape index (κ1) is 84.6. The Hall–Kier alpha value is -3.41. The summed E-state index contributed by atoms with van der Waals surface area (Å²) in [6.07, 6.45) is 48.6. The van der Waals surface area contributed by atoms with E-state index in [0.29, 0.717) is 83.5 Å². The van der Waals surface area contributed by atoms with Gasteiger partial charge in [0.1, 0.15) is 0 Å². The third-order valence-electron chi connectivity index (χ3n) is 17.2. The highest BCUT2D eigenvalue weighted by molar-refractivity contribution is 5.82. The van der Waals surface area contributed by atoms with Crippen LogP contribution in [-0.4, -0.2) is 191 Å². The van der Waals surface area contributed by atoms with Crippen LogP contribution in [0.25, 0.3) is 0 Å². The molecular formula is C71H141FN10O6. The van der Waals surface area contributed by atoms with Gasteiger partial charge in [-0.3, -0.25) is 38.6 Å². The number of hydrogen-bond acceptors (Lipinski definition) is 10. The number of carbonyl (C=O) groups excluding carboxylic acids is 6. The van der Waals surface area contributed by atoms with Gasteiger partial charge in [-0.25, -0.2) is 0 Å². The second-order valence-electron chi connectivity index (χ2n) is 26.0. The second-order valence-corrected chi connectivity index (χ2v) is 26.0. The lowest BCUT2D eigenvalue weighted by molar-refractivity contribution is -0.148.